The Labute approximate surface area is 209 Å². The van der Waals surface area contributed by atoms with E-state index in [9.17, 15) is 14.7 Å². The fourth-order valence-corrected chi connectivity index (χ4v) is 5.42. The maximum atomic E-state index is 13.3. The molecule has 1 N–H and O–H groups in total. The maximum absolute atomic E-state index is 13.3. The first-order chi connectivity index (χ1) is 16.6. The monoisotopic (exact) mass is 490 g/mol. The van der Waals surface area contributed by atoms with E-state index in [0.717, 1.165) is 27.3 Å². The third-order valence-corrected chi connectivity index (χ3v) is 7.20. The van der Waals surface area contributed by atoms with E-state index in [4.69, 9.17) is 4.74 Å². The predicted octanol–water partition coefficient (Wildman–Crippen LogP) is 5.77. The number of aliphatic hydroxyl groups is 1. The largest absolute Gasteiger partial charge is 0.507 e. The number of amides is 1. The lowest BCUT2D eigenvalue weighted by Gasteiger charge is -2.25. The normalized spacial score (nSPS) is 17.7. The van der Waals surface area contributed by atoms with Crippen LogP contribution in [0.5, 0.6) is 5.75 Å². The number of aryl methyl sites for hydroxylation is 1. The lowest BCUT2D eigenvalue weighted by molar-refractivity contribution is -0.140. The molecule has 3 heterocycles. The molecule has 6 nitrogen and oxygen atoms in total. The van der Waals surface area contributed by atoms with Crippen molar-refractivity contribution in [2.24, 2.45) is 0 Å². The summed E-state index contributed by atoms with van der Waals surface area (Å²) in [7, 11) is 0. The van der Waals surface area contributed by atoms with Crippen LogP contribution in [0.4, 0.5) is 0 Å². The number of aliphatic hydroxyl groups excluding tert-OH is 1. The number of rotatable bonds is 6. The first-order valence-corrected chi connectivity index (χ1v) is 12.5. The van der Waals surface area contributed by atoms with Gasteiger partial charge in [0, 0.05) is 34.9 Å². The summed E-state index contributed by atoms with van der Waals surface area (Å²) in [5, 5.41) is 13.4. The smallest absolute Gasteiger partial charge is 0.295 e. The van der Waals surface area contributed by atoms with Gasteiger partial charge >= 0.3 is 0 Å². The van der Waals surface area contributed by atoms with Gasteiger partial charge in [0.15, 0.2) is 0 Å². The summed E-state index contributed by atoms with van der Waals surface area (Å²) >= 11 is 1.47. The Balaban J connectivity index is 1.88. The molecule has 1 aromatic carbocycles. The van der Waals surface area contributed by atoms with Crippen LogP contribution in [0.15, 0.2) is 59.7 Å². The third kappa shape index (κ3) is 4.73. The highest BCUT2D eigenvalue weighted by atomic mass is 32.1. The summed E-state index contributed by atoms with van der Waals surface area (Å²) in [6.45, 7) is 10.8. The van der Waals surface area contributed by atoms with E-state index in [2.05, 4.69) is 25.8 Å². The molecular formula is C28H30N2O4S. The van der Waals surface area contributed by atoms with Crippen LogP contribution in [0, 0.1) is 6.92 Å². The van der Waals surface area contributed by atoms with Crippen molar-refractivity contribution in [2.75, 3.05) is 6.61 Å². The molecule has 0 saturated carbocycles. The first-order valence-electron chi connectivity index (χ1n) is 11.6. The Morgan fingerprint density at radius 1 is 1.20 bits per heavy atom. The fourth-order valence-electron chi connectivity index (χ4n) is 4.37. The number of nitrogens with zero attached hydrogens (tertiary/aromatic N) is 2. The summed E-state index contributed by atoms with van der Waals surface area (Å²) in [6, 6.07) is 10.3. The molecule has 1 aliphatic rings. The number of carbonyl (C=O) groups excluding carboxylic acids is 2. The molecule has 1 unspecified atom stereocenters. The maximum Gasteiger partial charge on any atom is 0.295 e. The molecule has 1 saturated heterocycles. The number of aromatic nitrogens is 1. The minimum atomic E-state index is -0.685. The number of thiophene rings is 1. The fraction of sp³-hybridized carbons (Fsp3) is 0.321. The van der Waals surface area contributed by atoms with Crippen molar-refractivity contribution in [3.8, 4) is 5.75 Å². The summed E-state index contributed by atoms with van der Waals surface area (Å²) in [6.07, 6.45) is 3.34. The molecular weight excluding hydrogens is 460 g/mol. The second-order valence-corrected chi connectivity index (χ2v) is 10.6. The van der Waals surface area contributed by atoms with Crippen LogP contribution in [-0.2, 0) is 21.5 Å². The topological polar surface area (TPSA) is 79.7 Å². The molecule has 1 fully saturated rings. The first kappa shape index (κ1) is 24.7. The Bertz CT molecular complexity index is 1290. The van der Waals surface area contributed by atoms with Crippen molar-refractivity contribution in [1.29, 1.82) is 0 Å². The molecule has 1 atom stereocenters. The van der Waals surface area contributed by atoms with Crippen LogP contribution in [0.25, 0.3) is 5.76 Å². The van der Waals surface area contributed by atoms with Crippen molar-refractivity contribution in [1.82, 2.24) is 9.88 Å². The van der Waals surface area contributed by atoms with E-state index in [1.807, 2.05) is 43.5 Å². The molecule has 35 heavy (non-hydrogen) atoms. The summed E-state index contributed by atoms with van der Waals surface area (Å²) in [5.74, 6) is -0.756. The van der Waals surface area contributed by atoms with E-state index in [0.29, 0.717) is 12.2 Å². The van der Waals surface area contributed by atoms with Gasteiger partial charge in [0.1, 0.15) is 17.6 Å². The molecule has 1 amide bonds. The molecule has 2 aromatic heterocycles. The van der Waals surface area contributed by atoms with Gasteiger partial charge in [-0.3, -0.25) is 14.6 Å². The summed E-state index contributed by atoms with van der Waals surface area (Å²) < 4.78 is 5.81. The number of Topliss-reactive ketones (excluding diaryl/α,β-unsaturated/α-hetero) is 1. The zero-order chi connectivity index (χ0) is 25.3. The number of likely N-dealkylation sites (tertiary alicyclic amines) is 1. The number of ketones is 1. The van der Waals surface area contributed by atoms with E-state index in [1.54, 1.807) is 24.5 Å². The molecule has 0 spiro atoms. The average Bonchev–Trinajstić information content (AvgIpc) is 3.35. The van der Waals surface area contributed by atoms with Crippen LogP contribution in [-0.4, -0.2) is 33.3 Å². The molecule has 4 rings (SSSR count). The molecule has 0 aliphatic carbocycles. The number of ether oxygens (including phenoxy) is 1. The van der Waals surface area contributed by atoms with Crippen LogP contribution < -0.4 is 4.74 Å². The third-order valence-electron chi connectivity index (χ3n) is 6.13. The van der Waals surface area contributed by atoms with Gasteiger partial charge in [-0.2, -0.15) is 0 Å². The lowest BCUT2D eigenvalue weighted by Crippen LogP contribution is -2.29. The Hall–Kier alpha value is -3.45. The van der Waals surface area contributed by atoms with Crippen molar-refractivity contribution in [2.45, 2.75) is 52.6 Å². The Morgan fingerprint density at radius 3 is 2.57 bits per heavy atom. The molecule has 1 aliphatic heterocycles. The van der Waals surface area contributed by atoms with Gasteiger partial charge in [0.2, 0.25) is 0 Å². The number of carbonyl (C=O) groups is 2. The minimum absolute atomic E-state index is 0.105. The molecule has 3 aromatic rings. The van der Waals surface area contributed by atoms with E-state index < -0.39 is 17.7 Å². The van der Waals surface area contributed by atoms with Gasteiger partial charge in [-0.25, -0.2) is 0 Å². The summed E-state index contributed by atoms with van der Waals surface area (Å²) in [4.78, 5) is 33.1. The Morgan fingerprint density at radius 2 is 1.97 bits per heavy atom. The number of hydrogen-bond donors (Lipinski definition) is 1. The molecule has 7 heteroatoms. The van der Waals surface area contributed by atoms with E-state index in [1.165, 1.54) is 16.2 Å². The highest BCUT2D eigenvalue weighted by Crippen LogP contribution is 2.44. The van der Waals surface area contributed by atoms with Crippen molar-refractivity contribution < 1.29 is 19.4 Å². The van der Waals surface area contributed by atoms with E-state index in [-0.39, 0.29) is 23.3 Å². The zero-order valence-corrected chi connectivity index (χ0v) is 21.5. The van der Waals surface area contributed by atoms with Crippen molar-refractivity contribution in [3.05, 3.63) is 86.9 Å². The number of benzene rings is 1. The van der Waals surface area contributed by atoms with Gasteiger partial charge in [-0.15, -0.1) is 11.3 Å². The average molecular weight is 491 g/mol. The summed E-state index contributed by atoms with van der Waals surface area (Å²) in [5.41, 5.74) is 3.02. The molecule has 182 valence electrons. The van der Waals surface area contributed by atoms with Crippen LogP contribution in [0.3, 0.4) is 0 Å². The van der Waals surface area contributed by atoms with Gasteiger partial charge in [0.05, 0.1) is 12.2 Å². The van der Waals surface area contributed by atoms with Gasteiger partial charge < -0.3 is 14.7 Å². The standard InChI is InChI=1S/C28H30N2O4S/c1-6-34-21-10-9-19(14-20(21)28(3,4)5)24(31)22-23(26-17(2)11-13-35-26)30(27(33)25(22)32)16-18-8-7-12-29-15-18/h7-15,23,31H,6,16H2,1-5H3/b24-22-. The number of pyridine rings is 1. The van der Waals surface area contributed by atoms with Gasteiger partial charge in [-0.05, 0) is 66.1 Å². The predicted molar refractivity (Wildman–Crippen MR) is 137 cm³/mol. The van der Waals surface area contributed by atoms with Crippen LogP contribution >= 0.6 is 11.3 Å². The highest BCUT2D eigenvalue weighted by Gasteiger charge is 2.47. The van der Waals surface area contributed by atoms with Crippen LogP contribution in [0.1, 0.15) is 60.9 Å². The van der Waals surface area contributed by atoms with Crippen molar-refractivity contribution in [3.63, 3.8) is 0 Å². The van der Waals surface area contributed by atoms with Crippen LogP contribution in [0.2, 0.25) is 0 Å². The second-order valence-electron chi connectivity index (χ2n) is 9.65. The van der Waals surface area contributed by atoms with Gasteiger partial charge in [-0.1, -0.05) is 26.8 Å². The zero-order valence-electron chi connectivity index (χ0n) is 20.7. The Kier molecular flexibility index (Phi) is 6.81. The number of hydrogen-bond acceptors (Lipinski definition) is 6. The van der Waals surface area contributed by atoms with E-state index >= 15 is 0 Å². The lowest BCUT2D eigenvalue weighted by atomic mass is 9.84. The minimum Gasteiger partial charge on any atom is -0.507 e. The quantitative estimate of drug-likeness (QED) is 0.270. The van der Waals surface area contributed by atoms with Crippen molar-refractivity contribution >= 4 is 28.8 Å². The molecule has 0 radical (unpaired) electrons. The SMILES string of the molecule is CCOc1ccc(/C(O)=C2/C(=O)C(=O)N(Cc3cccnc3)C2c2sccc2C)cc1C(C)(C)C. The van der Waals surface area contributed by atoms with Gasteiger partial charge in [0.25, 0.3) is 11.7 Å². The molecule has 0 bridgehead atoms. The highest BCUT2D eigenvalue weighted by molar-refractivity contribution is 7.10. The second kappa shape index (κ2) is 9.66.